The summed E-state index contributed by atoms with van der Waals surface area (Å²) in [4.78, 5) is 24.3. The summed E-state index contributed by atoms with van der Waals surface area (Å²) < 4.78 is 10.1. The summed E-state index contributed by atoms with van der Waals surface area (Å²) in [5.74, 6) is -1.18. The SMILES string of the molecule is COCCOC(=O)C1=C(C)NC(=O)CC1c1cccc(Cl)c1Cl. The fraction of sp³-hybridized carbons (Fsp3) is 0.375. The van der Waals surface area contributed by atoms with Crippen LogP contribution in [0, 0.1) is 0 Å². The van der Waals surface area contributed by atoms with E-state index in [0.29, 0.717) is 33.5 Å². The molecule has 23 heavy (non-hydrogen) atoms. The largest absolute Gasteiger partial charge is 0.460 e. The van der Waals surface area contributed by atoms with Gasteiger partial charge in [0.1, 0.15) is 6.61 Å². The summed E-state index contributed by atoms with van der Waals surface area (Å²) in [6.07, 6.45) is 0.103. The number of esters is 1. The lowest BCUT2D eigenvalue weighted by Crippen LogP contribution is -2.34. The smallest absolute Gasteiger partial charge is 0.336 e. The van der Waals surface area contributed by atoms with Gasteiger partial charge in [0.2, 0.25) is 5.91 Å². The van der Waals surface area contributed by atoms with E-state index in [4.69, 9.17) is 32.7 Å². The minimum Gasteiger partial charge on any atom is -0.460 e. The maximum atomic E-state index is 12.4. The number of nitrogens with one attached hydrogen (secondary N) is 1. The topological polar surface area (TPSA) is 64.6 Å². The molecule has 7 heteroatoms. The zero-order valence-corrected chi connectivity index (χ0v) is 14.3. The van der Waals surface area contributed by atoms with E-state index in [1.165, 1.54) is 7.11 Å². The number of ether oxygens (including phenoxy) is 2. The van der Waals surface area contributed by atoms with Crippen LogP contribution in [-0.2, 0) is 19.1 Å². The molecule has 1 aliphatic rings. The third-order valence-corrected chi connectivity index (χ3v) is 4.40. The van der Waals surface area contributed by atoms with Gasteiger partial charge in [0, 0.05) is 25.1 Å². The van der Waals surface area contributed by atoms with Crippen LogP contribution < -0.4 is 5.32 Å². The third kappa shape index (κ3) is 4.05. The Hall–Kier alpha value is -1.56. The van der Waals surface area contributed by atoms with Crippen molar-refractivity contribution >= 4 is 35.1 Å². The van der Waals surface area contributed by atoms with E-state index in [1.54, 1.807) is 25.1 Å². The molecule has 0 saturated heterocycles. The van der Waals surface area contributed by atoms with Crippen molar-refractivity contribution in [2.45, 2.75) is 19.3 Å². The number of hydrogen-bond acceptors (Lipinski definition) is 4. The molecular weight excluding hydrogens is 341 g/mol. The van der Waals surface area contributed by atoms with Crippen molar-refractivity contribution in [2.75, 3.05) is 20.3 Å². The van der Waals surface area contributed by atoms with E-state index in [-0.39, 0.29) is 18.9 Å². The summed E-state index contributed by atoms with van der Waals surface area (Å²) >= 11 is 12.3. The third-order valence-electron chi connectivity index (χ3n) is 3.57. The quantitative estimate of drug-likeness (QED) is 0.649. The lowest BCUT2D eigenvalue weighted by atomic mass is 9.84. The van der Waals surface area contributed by atoms with Crippen molar-refractivity contribution in [3.8, 4) is 0 Å². The number of hydrogen-bond donors (Lipinski definition) is 1. The molecule has 0 spiro atoms. The first kappa shape index (κ1) is 17.8. The van der Waals surface area contributed by atoms with Crippen LogP contribution in [-0.4, -0.2) is 32.2 Å². The van der Waals surface area contributed by atoms with Crippen molar-refractivity contribution in [1.29, 1.82) is 0 Å². The number of allylic oxidation sites excluding steroid dienone is 1. The first-order valence-corrected chi connectivity index (χ1v) is 7.82. The molecule has 124 valence electrons. The Morgan fingerprint density at radius 2 is 2.09 bits per heavy atom. The first-order chi connectivity index (χ1) is 11.0. The number of amides is 1. The van der Waals surface area contributed by atoms with Gasteiger partial charge in [-0.1, -0.05) is 35.3 Å². The molecule has 1 unspecified atom stereocenters. The second-order valence-electron chi connectivity index (χ2n) is 5.12. The Bertz CT molecular complexity index is 657. The summed E-state index contributed by atoms with van der Waals surface area (Å²) in [5.41, 5.74) is 1.47. The maximum Gasteiger partial charge on any atom is 0.336 e. The summed E-state index contributed by atoms with van der Waals surface area (Å²) in [6, 6.07) is 5.15. The number of carbonyl (C=O) groups excluding carboxylic acids is 2. The number of rotatable bonds is 5. The van der Waals surface area contributed by atoms with E-state index in [0.717, 1.165) is 0 Å². The molecule has 5 nitrogen and oxygen atoms in total. The molecule has 1 aliphatic heterocycles. The Balaban J connectivity index is 2.38. The number of benzene rings is 1. The van der Waals surface area contributed by atoms with Gasteiger partial charge >= 0.3 is 5.97 Å². The highest BCUT2D eigenvalue weighted by Crippen LogP contribution is 2.39. The lowest BCUT2D eigenvalue weighted by molar-refractivity contribution is -0.140. The molecule has 0 aromatic heterocycles. The van der Waals surface area contributed by atoms with Crippen molar-refractivity contribution in [1.82, 2.24) is 5.32 Å². The maximum absolute atomic E-state index is 12.4. The predicted molar refractivity (Wildman–Crippen MR) is 87.5 cm³/mol. The second kappa shape index (κ2) is 7.81. The van der Waals surface area contributed by atoms with Crippen molar-refractivity contribution in [3.63, 3.8) is 0 Å². The van der Waals surface area contributed by atoms with Gasteiger partial charge in [-0.2, -0.15) is 0 Å². The number of carbonyl (C=O) groups is 2. The standard InChI is InChI=1S/C16H17Cl2NO4/c1-9-14(16(21)23-7-6-22-2)11(8-13(20)19-9)10-4-3-5-12(17)15(10)18/h3-5,11H,6-8H2,1-2H3,(H,19,20). The fourth-order valence-electron chi connectivity index (χ4n) is 2.52. The van der Waals surface area contributed by atoms with E-state index in [2.05, 4.69) is 5.32 Å². The lowest BCUT2D eigenvalue weighted by Gasteiger charge is -2.27. The molecule has 0 bridgehead atoms. The Morgan fingerprint density at radius 1 is 1.35 bits per heavy atom. The van der Waals surface area contributed by atoms with Gasteiger partial charge in [-0.15, -0.1) is 0 Å². The molecule has 0 fully saturated rings. The number of halogens is 2. The van der Waals surface area contributed by atoms with Crippen LogP contribution in [0.5, 0.6) is 0 Å². The number of methoxy groups -OCH3 is 1. The molecule has 0 radical (unpaired) electrons. The fourth-order valence-corrected chi connectivity index (χ4v) is 2.96. The molecule has 1 N–H and O–H groups in total. The highest BCUT2D eigenvalue weighted by atomic mass is 35.5. The molecule has 2 rings (SSSR count). The van der Waals surface area contributed by atoms with Gasteiger partial charge < -0.3 is 14.8 Å². The normalized spacial score (nSPS) is 17.9. The van der Waals surface area contributed by atoms with Crippen molar-refractivity contribution < 1.29 is 19.1 Å². The van der Waals surface area contributed by atoms with Gasteiger partial charge in [-0.3, -0.25) is 4.79 Å². The molecule has 1 aromatic rings. The Labute approximate surface area is 144 Å². The second-order valence-corrected chi connectivity index (χ2v) is 5.90. The highest BCUT2D eigenvalue weighted by Gasteiger charge is 2.34. The van der Waals surface area contributed by atoms with Gasteiger partial charge in [-0.05, 0) is 18.6 Å². The summed E-state index contributed by atoms with van der Waals surface area (Å²) in [6.45, 7) is 2.10. The first-order valence-electron chi connectivity index (χ1n) is 7.06. The van der Waals surface area contributed by atoms with Crippen LogP contribution in [0.4, 0.5) is 0 Å². The molecule has 1 heterocycles. The minimum absolute atomic E-state index is 0.103. The van der Waals surface area contributed by atoms with Crippen LogP contribution >= 0.6 is 23.2 Å². The molecule has 1 aromatic carbocycles. The average Bonchev–Trinajstić information content (AvgIpc) is 2.49. The molecule has 1 amide bonds. The van der Waals surface area contributed by atoms with Crippen LogP contribution in [0.3, 0.4) is 0 Å². The highest BCUT2D eigenvalue weighted by molar-refractivity contribution is 6.42. The Morgan fingerprint density at radius 3 is 2.78 bits per heavy atom. The average molecular weight is 358 g/mol. The van der Waals surface area contributed by atoms with E-state index in [9.17, 15) is 9.59 Å². The van der Waals surface area contributed by atoms with Crippen LogP contribution in [0.25, 0.3) is 0 Å². The molecule has 0 aliphatic carbocycles. The zero-order valence-electron chi connectivity index (χ0n) is 12.8. The minimum atomic E-state index is -0.499. The van der Waals surface area contributed by atoms with Crippen molar-refractivity contribution in [2.24, 2.45) is 0 Å². The van der Waals surface area contributed by atoms with Crippen LogP contribution in [0.2, 0.25) is 10.0 Å². The zero-order chi connectivity index (χ0) is 17.0. The van der Waals surface area contributed by atoms with Gasteiger partial charge in [-0.25, -0.2) is 4.79 Å². The van der Waals surface area contributed by atoms with Gasteiger partial charge in [0.15, 0.2) is 0 Å². The summed E-state index contributed by atoms with van der Waals surface area (Å²) in [5, 5.41) is 3.38. The molecule has 0 saturated carbocycles. The van der Waals surface area contributed by atoms with Crippen LogP contribution in [0.1, 0.15) is 24.8 Å². The van der Waals surface area contributed by atoms with E-state index < -0.39 is 11.9 Å². The molecule has 1 atom stereocenters. The van der Waals surface area contributed by atoms with Crippen molar-refractivity contribution in [3.05, 3.63) is 45.1 Å². The van der Waals surface area contributed by atoms with Gasteiger partial charge in [0.25, 0.3) is 0 Å². The predicted octanol–water partition coefficient (Wildman–Crippen LogP) is 3.06. The van der Waals surface area contributed by atoms with Gasteiger partial charge in [0.05, 0.1) is 22.2 Å². The monoisotopic (exact) mass is 357 g/mol. The Kier molecular flexibility index (Phi) is 6.04. The van der Waals surface area contributed by atoms with E-state index >= 15 is 0 Å². The van der Waals surface area contributed by atoms with Crippen LogP contribution in [0.15, 0.2) is 29.5 Å². The molecular formula is C16H17Cl2NO4. The van der Waals surface area contributed by atoms with E-state index in [1.807, 2.05) is 0 Å². The summed E-state index contributed by atoms with van der Waals surface area (Å²) in [7, 11) is 1.52.